The van der Waals surface area contributed by atoms with E-state index in [1.807, 2.05) is 24.3 Å². The third-order valence-electron chi connectivity index (χ3n) is 6.62. The molecule has 0 aliphatic heterocycles. The van der Waals surface area contributed by atoms with Crippen LogP contribution in [0.2, 0.25) is 0 Å². The third-order valence-corrected chi connectivity index (χ3v) is 7.39. The lowest BCUT2D eigenvalue weighted by Gasteiger charge is -2.26. The number of rotatable bonds is 15. The van der Waals surface area contributed by atoms with Crippen molar-refractivity contribution in [2.24, 2.45) is 0 Å². The highest BCUT2D eigenvalue weighted by atomic mass is 31.2. The molecule has 2 unspecified atom stereocenters. The maximum absolute atomic E-state index is 12.6. The van der Waals surface area contributed by atoms with Gasteiger partial charge in [-0.3, -0.25) is 0 Å². The van der Waals surface area contributed by atoms with E-state index in [2.05, 4.69) is 34.9 Å². The second-order valence-electron chi connectivity index (χ2n) is 12.8. The summed E-state index contributed by atoms with van der Waals surface area (Å²) in [6.45, 7) is 10.9. The number of ether oxygens (including phenoxy) is 3. The van der Waals surface area contributed by atoms with Crippen molar-refractivity contribution in [3.05, 3.63) is 59.7 Å². The second kappa shape index (κ2) is 16.9. The van der Waals surface area contributed by atoms with Gasteiger partial charge in [0.1, 0.15) is 17.8 Å². The Morgan fingerprint density at radius 1 is 0.800 bits per heavy atom. The van der Waals surface area contributed by atoms with E-state index in [9.17, 15) is 19.3 Å². The zero-order chi connectivity index (χ0) is 33.0. The zero-order valence-electron chi connectivity index (χ0n) is 27.1. The summed E-state index contributed by atoms with van der Waals surface area (Å²) in [6, 6.07) is 15.2. The Morgan fingerprint density at radius 3 is 1.98 bits per heavy atom. The molecule has 1 aliphatic rings. The van der Waals surface area contributed by atoms with E-state index < -0.39 is 44.0 Å². The molecule has 3 N–H and O–H groups in total. The van der Waals surface area contributed by atoms with Crippen molar-refractivity contribution in [1.29, 1.82) is 0 Å². The van der Waals surface area contributed by atoms with Crippen LogP contribution in [0.15, 0.2) is 48.5 Å². The Labute approximate surface area is 267 Å². The van der Waals surface area contributed by atoms with Crippen molar-refractivity contribution < 1.29 is 42.5 Å². The molecule has 0 bridgehead atoms. The summed E-state index contributed by atoms with van der Waals surface area (Å²) in [5.41, 5.74) is 3.18. The maximum Gasteiger partial charge on any atom is 0.408 e. The average molecular weight is 647 g/mol. The van der Waals surface area contributed by atoms with Crippen LogP contribution in [-0.2, 0) is 28.1 Å². The summed E-state index contributed by atoms with van der Waals surface area (Å²) in [5.74, 6) is -0.697. The fraction of sp³-hybridized carbons (Fsp3) is 0.545. The summed E-state index contributed by atoms with van der Waals surface area (Å²) in [6.07, 6.45) is 1.85. The molecule has 2 aromatic carbocycles. The molecule has 2 amide bonds. The summed E-state index contributed by atoms with van der Waals surface area (Å²) >= 11 is 0. The molecule has 0 radical (unpaired) electrons. The van der Waals surface area contributed by atoms with Crippen molar-refractivity contribution in [3.63, 3.8) is 0 Å². The van der Waals surface area contributed by atoms with Crippen LogP contribution in [0, 0.1) is 0 Å². The quantitative estimate of drug-likeness (QED) is 0.0847. The number of amides is 2. The van der Waals surface area contributed by atoms with Crippen LogP contribution in [0.1, 0.15) is 84.3 Å². The van der Waals surface area contributed by atoms with Gasteiger partial charge >= 0.3 is 26.8 Å². The van der Waals surface area contributed by atoms with E-state index in [1.165, 1.54) is 22.3 Å². The number of alkyl carbamates (subject to hydrolysis) is 2. The van der Waals surface area contributed by atoms with Crippen LogP contribution >= 0.6 is 8.60 Å². The Kier molecular flexibility index (Phi) is 13.6. The first-order chi connectivity index (χ1) is 21.2. The largest absolute Gasteiger partial charge is 0.458 e. The van der Waals surface area contributed by atoms with Crippen LogP contribution in [0.4, 0.5) is 9.59 Å². The molecule has 0 saturated carbocycles. The Morgan fingerprint density at radius 2 is 1.38 bits per heavy atom. The lowest BCUT2D eigenvalue weighted by Crippen LogP contribution is -2.48. The van der Waals surface area contributed by atoms with E-state index in [0.717, 1.165) is 19.3 Å². The van der Waals surface area contributed by atoms with Gasteiger partial charge in [0.15, 0.2) is 6.04 Å². The van der Waals surface area contributed by atoms with Crippen molar-refractivity contribution in [3.8, 4) is 11.1 Å². The summed E-state index contributed by atoms with van der Waals surface area (Å²) < 4.78 is 26.8. The van der Waals surface area contributed by atoms with Gasteiger partial charge < -0.3 is 38.8 Å². The molecule has 2 atom stereocenters. The predicted molar refractivity (Wildman–Crippen MR) is 172 cm³/mol. The molecule has 0 fully saturated rings. The van der Waals surface area contributed by atoms with Crippen LogP contribution in [0.3, 0.4) is 0 Å². The molecular weight excluding hydrogens is 599 g/mol. The van der Waals surface area contributed by atoms with Gasteiger partial charge in [-0.2, -0.15) is 0 Å². The zero-order valence-corrected chi connectivity index (χ0v) is 28.0. The number of nitrogens with one attached hydrogen (secondary N) is 2. The lowest BCUT2D eigenvalue weighted by molar-refractivity contribution is -0.158. The van der Waals surface area contributed by atoms with Crippen molar-refractivity contribution in [1.82, 2.24) is 10.6 Å². The molecule has 11 nitrogen and oxygen atoms in total. The van der Waals surface area contributed by atoms with E-state index in [1.54, 1.807) is 41.5 Å². The monoisotopic (exact) mass is 646 g/mol. The molecular formula is C33H47N2O9P. The number of hydrogen-bond donors (Lipinski definition) is 3. The number of carbonyl (C=O) groups is 3. The Bertz CT molecular complexity index is 1230. The van der Waals surface area contributed by atoms with Gasteiger partial charge in [0.25, 0.3) is 0 Å². The minimum atomic E-state index is -2.27. The van der Waals surface area contributed by atoms with Crippen LogP contribution in [0.25, 0.3) is 11.1 Å². The number of hydrogen-bond acceptors (Lipinski definition) is 9. The number of carbonyl (C=O) groups excluding carboxylic acids is 3. The highest BCUT2D eigenvalue weighted by Gasteiger charge is 2.31. The number of benzene rings is 2. The molecule has 0 aromatic heterocycles. The third kappa shape index (κ3) is 12.6. The minimum absolute atomic E-state index is 0.0218. The standard InChI is InChI=1S/C33H47N2O9P/c1-32(2,3)43-29(36)28(35-31(38)44-33(4,5)6)22-42-45(39)41-20-14-8-7-13-19-34-30(37)40-21-27-25-17-11-9-15-23(25)24-16-10-12-18-26(24)27/h9-12,15-18,27-28,39H,7-8,13-14,19-22H2,1-6H3,(H,34,37)(H,35,38). The van der Waals surface area contributed by atoms with Gasteiger partial charge in [-0.25, -0.2) is 14.4 Å². The van der Waals surface area contributed by atoms with E-state index in [0.29, 0.717) is 13.0 Å². The van der Waals surface area contributed by atoms with Crippen LogP contribution in [-0.4, -0.2) is 66.7 Å². The maximum atomic E-state index is 12.6. The van der Waals surface area contributed by atoms with Crippen molar-refractivity contribution in [2.45, 2.75) is 90.4 Å². The van der Waals surface area contributed by atoms with E-state index in [4.69, 9.17) is 23.3 Å². The molecule has 2 aromatic rings. The fourth-order valence-corrected chi connectivity index (χ4v) is 5.37. The van der Waals surface area contributed by atoms with Crippen molar-refractivity contribution >= 4 is 26.8 Å². The van der Waals surface area contributed by atoms with Gasteiger partial charge in [0.2, 0.25) is 0 Å². The smallest absolute Gasteiger partial charge is 0.408 e. The van der Waals surface area contributed by atoms with Crippen molar-refractivity contribution in [2.75, 3.05) is 26.4 Å². The highest BCUT2D eigenvalue weighted by molar-refractivity contribution is 7.40. The van der Waals surface area contributed by atoms with Gasteiger partial charge in [-0.15, -0.1) is 0 Å². The van der Waals surface area contributed by atoms with Crippen LogP contribution < -0.4 is 10.6 Å². The Hall–Kier alpha value is -3.24. The topological polar surface area (TPSA) is 142 Å². The van der Waals surface area contributed by atoms with Gasteiger partial charge in [0, 0.05) is 12.5 Å². The predicted octanol–water partition coefficient (Wildman–Crippen LogP) is 6.57. The molecule has 12 heteroatoms. The molecule has 45 heavy (non-hydrogen) atoms. The summed E-state index contributed by atoms with van der Waals surface area (Å²) in [5, 5.41) is 5.24. The second-order valence-corrected chi connectivity index (χ2v) is 13.8. The highest BCUT2D eigenvalue weighted by Crippen LogP contribution is 2.44. The first kappa shape index (κ1) is 36.2. The number of unbranched alkanes of at least 4 members (excludes halogenated alkanes) is 3. The Balaban J connectivity index is 1.28. The number of esters is 1. The number of fused-ring (bicyclic) bond motifs is 3. The van der Waals surface area contributed by atoms with Crippen LogP contribution in [0.5, 0.6) is 0 Å². The first-order valence-corrected chi connectivity index (χ1v) is 16.4. The summed E-state index contributed by atoms with van der Waals surface area (Å²) in [7, 11) is -2.27. The minimum Gasteiger partial charge on any atom is -0.458 e. The fourth-order valence-electron chi connectivity index (χ4n) is 4.73. The molecule has 0 spiro atoms. The molecule has 0 heterocycles. The van der Waals surface area contributed by atoms with Gasteiger partial charge in [-0.05, 0) is 76.6 Å². The normalized spacial score (nSPS) is 14.1. The van der Waals surface area contributed by atoms with Gasteiger partial charge in [0.05, 0.1) is 13.2 Å². The first-order valence-electron chi connectivity index (χ1n) is 15.3. The molecule has 1 aliphatic carbocycles. The SMILES string of the molecule is CC(C)(C)OC(=O)NC(COP(O)OCCCCCCNC(=O)OCC1c2ccccc2-c2ccccc21)C(=O)OC(C)(C)C. The van der Waals surface area contributed by atoms with E-state index in [-0.39, 0.29) is 25.7 Å². The molecule has 248 valence electrons. The van der Waals surface area contributed by atoms with E-state index >= 15 is 0 Å². The van der Waals surface area contributed by atoms with Gasteiger partial charge in [-0.1, -0.05) is 61.4 Å². The molecule has 3 rings (SSSR count). The average Bonchev–Trinajstić information content (AvgIpc) is 3.27. The lowest BCUT2D eigenvalue weighted by atomic mass is 9.98. The molecule has 0 saturated heterocycles. The summed E-state index contributed by atoms with van der Waals surface area (Å²) in [4.78, 5) is 47.2.